The number of anilines is 1. The van der Waals surface area contributed by atoms with Gasteiger partial charge in [-0.3, -0.25) is 4.79 Å². The number of rotatable bonds is 7. The molecule has 1 unspecified atom stereocenters. The highest BCUT2D eigenvalue weighted by Gasteiger charge is 2.31. The Hall–Kier alpha value is -2.93. The van der Waals surface area contributed by atoms with Gasteiger partial charge in [-0.05, 0) is 71.8 Å². The Kier molecular flexibility index (Phi) is 7.51. The number of alkyl halides is 3. The molecule has 3 nitrogen and oxygen atoms in total. The van der Waals surface area contributed by atoms with Gasteiger partial charge in [-0.1, -0.05) is 31.2 Å². The van der Waals surface area contributed by atoms with E-state index in [9.17, 15) is 18.0 Å². The number of nitrogens with one attached hydrogen (secondary N) is 1. The monoisotopic (exact) mass is 484 g/mol. The number of hydrogen-bond acceptors (Lipinski definition) is 3. The van der Waals surface area contributed by atoms with Gasteiger partial charge in [0.1, 0.15) is 0 Å². The lowest BCUT2D eigenvalue weighted by molar-refractivity contribution is -0.137. The summed E-state index contributed by atoms with van der Waals surface area (Å²) >= 11 is 1.78. The lowest BCUT2D eigenvalue weighted by Crippen LogP contribution is -2.23. The summed E-state index contributed by atoms with van der Waals surface area (Å²) in [6, 6.07) is 21.2. The first-order chi connectivity index (χ1) is 16.3. The fourth-order valence-electron chi connectivity index (χ4n) is 4.19. The van der Waals surface area contributed by atoms with Crippen LogP contribution in [0.3, 0.4) is 0 Å². The molecule has 1 fully saturated rings. The van der Waals surface area contributed by atoms with Crippen LogP contribution in [0.15, 0.2) is 77.7 Å². The summed E-state index contributed by atoms with van der Waals surface area (Å²) in [6.07, 6.45) is -3.43. The van der Waals surface area contributed by atoms with Crippen molar-refractivity contribution >= 4 is 23.4 Å². The molecule has 1 amide bonds. The molecule has 34 heavy (non-hydrogen) atoms. The van der Waals surface area contributed by atoms with E-state index in [0.717, 1.165) is 54.2 Å². The highest BCUT2D eigenvalue weighted by Crippen LogP contribution is 2.34. The average molecular weight is 485 g/mol. The van der Waals surface area contributed by atoms with Gasteiger partial charge in [-0.25, -0.2) is 0 Å². The van der Waals surface area contributed by atoms with Crippen molar-refractivity contribution in [2.45, 2.75) is 36.9 Å². The van der Waals surface area contributed by atoms with Gasteiger partial charge >= 0.3 is 6.18 Å². The normalized spacial score (nSPS) is 16.0. The quantitative estimate of drug-likeness (QED) is 0.377. The second-order valence-electron chi connectivity index (χ2n) is 8.36. The number of nitrogens with zero attached hydrogens (tertiary/aromatic N) is 1. The Morgan fingerprint density at radius 1 is 1.00 bits per heavy atom. The van der Waals surface area contributed by atoms with Crippen molar-refractivity contribution in [1.29, 1.82) is 0 Å². The van der Waals surface area contributed by atoms with Gasteiger partial charge in [-0.15, -0.1) is 11.8 Å². The van der Waals surface area contributed by atoms with E-state index in [1.807, 2.05) is 36.4 Å². The number of benzene rings is 3. The molecule has 3 aromatic rings. The molecule has 0 spiro atoms. The van der Waals surface area contributed by atoms with Crippen molar-refractivity contribution in [2.24, 2.45) is 0 Å². The van der Waals surface area contributed by atoms with Gasteiger partial charge in [0, 0.05) is 41.7 Å². The van der Waals surface area contributed by atoms with Gasteiger partial charge in [0.15, 0.2) is 0 Å². The fraction of sp³-hybridized carbons (Fsp3) is 0.296. The van der Waals surface area contributed by atoms with Crippen LogP contribution in [0.1, 0.15) is 46.3 Å². The highest BCUT2D eigenvalue weighted by atomic mass is 32.2. The zero-order valence-corrected chi connectivity index (χ0v) is 19.8. The van der Waals surface area contributed by atoms with Gasteiger partial charge in [0.25, 0.3) is 5.91 Å². The SMILES string of the molecule is CCSc1ccc(CNC(=O)c2ccc(N3CCC(c4ccc(C(F)(F)F)cc4)C3)cc2)cc1. The number of thioether (sulfide) groups is 1. The standard InChI is InChI=1S/C27H27F3N2OS/c1-2-34-25-13-3-19(4-14-25)17-31-26(33)21-7-11-24(12-8-21)32-16-15-22(18-32)20-5-9-23(10-6-20)27(28,29)30/h3-14,22H,2,15-18H2,1H3,(H,31,33). The maximum absolute atomic E-state index is 12.8. The van der Waals surface area contributed by atoms with Crippen molar-refractivity contribution in [3.05, 3.63) is 95.1 Å². The van der Waals surface area contributed by atoms with Crippen LogP contribution in [-0.4, -0.2) is 24.7 Å². The molecule has 0 saturated carbocycles. The Balaban J connectivity index is 1.31. The molecule has 1 aliphatic rings. The Morgan fingerprint density at radius 3 is 2.29 bits per heavy atom. The molecule has 178 valence electrons. The van der Waals surface area contributed by atoms with Gasteiger partial charge in [0.2, 0.25) is 0 Å². The third-order valence-electron chi connectivity index (χ3n) is 6.08. The van der Waals surface area contributed by atoms with E-state index in [1.165, 1.54) is 4.90 Å². The Morgan fingerprint density at radius 2 is 1.68 bits per heavy atom. The maximum atomic E-state index is 12.8. The lowest BCUT2D eigenvalue weighted by Gasteiger charge is -2.19. The van der Waals surface area contributed by atoms with Gasteiger partial charge < -0.3 is 10.2 Å². The van der Waals surface area contributed by atoms with Crippen molar-refractivity contribution in [3.8, 4) is 0 Å². The minimum atomic E-state index is -4.31. The smallest absolute Gasteiger partial charge is 0.371 e. The van der Waals surface area contributed by atoms with E-state index in [0.29, 0.717) is 12.1 Å². The summed E-state index contributed by atoms with van der Waals surface area (Å²) in [7, 11) is 0. The Bertz CT molecular complexity index is 1100. The zero-order chi connectivity index (χ0) is 24.1. The van der Waals surface area contributed by atoms with Crippen LogP contribution in [-0.2, 0) is 12.7 Å². The predicted molar refractivity (Wildman–Crippen MR) is 131 cm³/mol. The van der Waals surface area contributed by atoms with E-state index in [4.69, 9.17) is 0 Å². The van der Waals surface area contributed by atoms with Crippen LogP contribution in [0.4, 0.5) is 18.9 Å². The summed E-state index contributed by atoms with van der Waals surface area (Å²) in [5, 5.41) is 2.96. The van der Waals surface area contributed by atoms with E-state index in [2.05, 4.69) is 29.3 Å². The molecular formula is C27H27F3N2OS. The summed E-state index contributed by atoms with van der Waals surface area (Å²) in [5.74, 6) is 1.09. The molecule has 1 N–H and O–H groups in total. The molecule has 0 radical (unpaired) electrons. The van der Waals surface area contributed by atoms with E-state index < -0.39 is 11.7 Å². The number of hydrogen-bond donors (Lipinski definition) is 1. The zero-order valence-electron chi connectivity index (χ0n) is 18.9. The molecule has 0 bridgehead atoms. The molecule has 7 heteroatoms. The maximum Gasteiger partial charge on any atom is 0.416 e. The van der Waals surface area contributed by atoms with Crippen LogP contribution in [0.25, 0.3) is 0 Å². The largest absolute Gasteiger partial charge is 0.416 e. The number of carbonyl (C=O) groups is 1. The summed E-state index contributed by atoms with van der Waals surface area (Å²) in [5.41, 5.74) is 2.97. The van der Waals surface area contributed by atoms with Crippen molar-refractivity contribution in [3.63, 3.8) is 0 Å². The highest BCUT2D eigenvalue weighted by molar-refractivity contribution is 7.99. The summed E-state index contributed by atoms with van der Waals surface area (Å²) in [6.45, 7) is 4.15. The first kappa shape index (κ1) is 24.2. The molecule has 1 heterocycles. The second-order valence-corrected chi connectivity index (χ2v) is 9.70. The lowest BCUT2D eigenvalue weighted by atomic mass is 9.97. The average Bonchev–Trinajstić information content (AvgIpc) is 3.34. The molecule has 0 aromatic heterocycles. The molecular weight excluding hydrogens is 457 g/mol. The Labute approximate surface area is 202 Å². The van der Waals surface area contributed by atoms with E-state index in [1.54, 1.807) is 23.9 Å². The number of carbonyl (C=O) groups excluding carboxylic acids is 1. The van der Waals surface area contributed by atoms with Crippen molar-refractivity contribution in [1.82, 2.24) is 5.32 Å². The van der Waals surface area contributed by atoms with E-state index in [-0.39, 0.29) is 11.8 Å². The third kappa shape index (κ3) is 5.95. The minimum Gasteiger partial charge on any atom is -0.371 e. The molecule has 3 aromatic carbocycles. The first-order valence-electron chi connectivity index (χ1n) is 11.4. The molecule has 4 rings (SSSR count). The molecule has 1 aliphatic heterocycles. The van der Waals surface area contributed by atoms with Crippen LogP contribution in [0.2, 0.25) is 0 Å². The topological polar surface area (TPSA) is 32.3 Å². The molecule has 1 saturated heterocycles. The third-order valence-corrected chi connectivity index (χ3v) is 6.97. The predicted octanol–water partition coefficient (Wildman–Crippen LogP) is 6.74. The summed E-state index contributed by atoms with van der Waals surface area (Å²) in [4.78, 5) is 16.0. The second kappa shape index (κ2) is 10.6. The van der Waals surface area contributed by atoms with E-state index >= 15 is 0 Å². The van der Waals surface area contributed by atoms with Crippen molar-refractivity contribution < 1.29 is 18.0 Å². The van der Waals surface area contributed by atoms with Crippen molar-refractivity contribution in [2.75, 3.05) is 23.7 Å². The van der Waals surface area contributed by atoms with Crippen LogP contribution < -0.4 is 10.2 Å². The van der Waals surface area contributed by atoms with Gasteiger partial charge in [0.05, 0.1) is 5.56 Å². The minimum absolute atomic E-state index is 0.123. The number of halogens is 3. The first-order valence-corrected chi connectivity index (χ1v) is 12.3. The van der Waals surface area contributed by atoms with Crippen LogP contribution in [0.5, 0.6) is 0 Å². The fourth-order valence-corrected chi connectivity index (χ4v) is 4.85. The molecule has 0 aliphatic carbocycles. The molecule has 1 atom stereocenters. The van der Waals surface area contributed by atoms with Gasteiger partial charge in [-0.2, -0.15) is 13.2 Å². The number of amides is 1. The van der Waals surface area contributed by atoms with Crippen LogP contribution >= 0.6 is 11.8 Å². The van der Waals surface area contributed by atoms with Crippen LogP contribution in [0, 0.1) is 0 Å². The summed E-state index contributed by atoms with van der Waals surface area (Å²) < 4.78 is 38.4.